The zero-order valence-electron chi connectivity index (χ0n) is 16.4. The summed E-state index contributed by atoms with van der Waals surface area (Å²) < 4.78 is 0. The predicted octanol–water partition coefficient (Wildman–Crippen LogP) is 2.57. The molecule has 2 unspecified atom stereocenters. The fourth-order valence-corrected chi connectivity index (χ4v) is 5.19. The Bertz CT molecular complexity index is 937. The minimum Gasteiger partial charge on any atom is -0.335 e. The molecule has 2 atom stereocenters. The Hall–Kier alpha value is -2.73. The van der Waals surface area contributed by atoms with Crippen molar-refractivity contribution in [1.29, 1.82) is 0 Å². The number of nitrogens with zero attached hydrogens (tertiary/aromatic N) is 2. The van der Waals surface area contributed by atoms with E-state index in [4.69, 9.17) is 0 Å². The molecular formula is C23H25N3O3. The molecule has 29 heavy (non-hydrogen) atoms. The normalized spacial score (nSPS) is 23.6. The van der Waals surface area contributed by atoms with E-state index in [2.05, 4.69) is 10.2 Å². The van der Waals surface area contributed by atoms with E-state index in [1.165, 1.54) is 4.90 Å². The van der Waals surface area contributed by atoms with Crippen molar-refractivity contribution in [2.75, 3.05) is 19.6 Å². The summed E-state index contributed by atoms with van der Waals surface area (Å²) in [5.74, 6) is -0.364. The summed E-state index contributed by atoms with van der Waals surface area (Å²) in [4.78, 5) is 42.2. The molecule has 150 valence electrons. The summed E-state index contributed by atoms with van der Waals surface area (Å²) in [6.45, 7) is 2.11. The van der Waals surface area contributed by atoms with Crippen LogP contribution in [0.5, 0.6) is 0 Å². The van der Waals surface area contributed by atoms with E-state index in [1.54, 1.807) is 12.1 Å². The van der Waals surface area contributed by atoms with Crippen LogP contribution in [0, 0.1) is 0 Å². The van der Waals surface area contributed by atoms with E-state index in [1.807, 2.05) is 24.3 Å². The topological polar surface area (TPSA) is 69.7 Å². The first-order valence-corrected chi connectivity index (χ1v) is 10.5. The highest BCUT2D eigenvalue weighted by molar-refractivity contribution is 6.25. The third kappa shape index (κ3) is 3.02. The highest BCUT2D eigenvalue weighted by Gasteiger charge is 2.38. The molecule has 3 heterocycles. The van der Waals surface area contributed by atoms with E-state index in [0.29, 0.717) is 30.0 Å². The molecule has 6 nitrogen and oxygen atoms in total. The zero-order chi connectivity index (χ0) is 20.0. The molecule has 2 saturated heterocycles. The van der Waals surface area contributed by atoms with Gasteiger partial charge in [-0.15, -0.1) is 0 Å². The molecule has 2 aromatic rings. The van der Waals surface area contributed by atoms with Crippen LogP contribution in [0.2, 0.25) is 0 Å². The molecule has 5 rings (SSSR count). The lowest BCUT2D eigenvalue weighted by Gasteiger charge is -2.29. The number of amides is 3. The van der Waals surface area contributed by atoms with Crippen molar-refractivity contribution in [2.45, 2.75) is 44.2 Å². The smallest absolute Gasteiger partial charge is 0.261 e. The monoisotopic (exact) mass is 391 g/mol. The average molecular weight is 391 g/mol. The summed E-state index contributed by atoms with van der Waals surface area (Å²) in [7, 11) is 0. The standard InChI is InChI=1S/C23H25N3O3/c27-20(26-16-9-10-17(26)14-24-12-11-16)8-3-13-25-22(28)18-6-1-4-15-5-2-7-19(21(15)18)23(25)29/h1-2,4-7,16-17,24H,3,8-14H2. The molecule has 0 radical (unpaired) electrons. The Morgan fingerprint density at radius 3 is 2.38 bits per heavy atom. The number of benzene rings is 2. The van der Waals surface area contributed by atoms with Gasteiger partial charge in [0, 0.05) is 48.1 Å². The summed E-state index contributed by atoms with van der Waals surface area (Å²) in [6, 6.07) is 11.7. The van der Waals surface area contributed by atoms with Gasteiger partial charge < -0.3 is 10.2 Å². The molecule has 3 amide bonds. The Morgan fingerprint density at radius 2 is 1.66 bits per heavy atom. The first kappa shape index (κ1) is 18.3. The Morgan fingerprint density at radius 1 is 0.966 bits per heavy atom. The van der Waals surface area contributed by atoms with E-state index in [-0.39, 0.29) is 30.3 Å². The lowest BCUT2D eigenvalue weighted by Crippen LogP contribution is -2.43. The van der Waals surface area contributed by atoms with Crippen molar-refractivity contribution in [3.63, 3.8) is 0 Å². The molecule has 3 aliphatic rings. The summed E-state index contributed by atoms with van der Waals surface area (Å²) in [5, 5.41) is 5.06. The fraction of sp³-hybridized carbons (Fsp3) is 0.435. The highest BCUT2D eigenvalue weighted by atomic mass is 16.2. The van der Waals surface area contributed by atoms with Gasteiger partial charge in [0.15, 0.2) is 0 Å². The van der Waals surface area contributed by atoms with E-state index in [0.717, 1.165) is 43.1 Å². The second kappa shape index (κ2) is 7.26. The Labute approximate surface area is 169 Å². The van der Waals surface area contributed by atoms with Gasteiger partial charge in [0.2, 0.25) is 5.91 Å². The summed E-state index contributed by atoms with van der Waals surface area (Å²) in [6.07, 6.45) is 4.02. The quantitative estimate of drug-likeness (QED) is 0.814. The number of hydrogen-bond donors (Lipinski definition) is 1. The van der Waals surface area contributed by atoms with Gasteiger partial charge in [0.1, 0.15) is 0 Å². The molecule has 0 aromatic heterocycles. The second-order valence-corrected chi connectivity index (χ2v) is 8.25. The van der Waals surface area contributed by atoms with E-state index >= 15 is 0 Å². The van der Waals surface area contributed by atoms with Crippen molar-refractivity contribution < 1.29 is 14.4 Å². The van der Waals surface area contributed by atoms with Crippen LogP contribution in [0.4, 0.5) is 0 Å². The van der Waals surface area contributed by atoms with Crippen molar-refractivity contribution in [3.8, 4) is 0 Å². The third-order valence-corrected chi connectivity index (χ3v) is 6.57. The van der Waals surface area contributed by atoms with Gasteiger partial charge in [0.25, 0.3) is 11.8 Å². The van der Waals surface area contributed by atoms with Crippen molar-refractivity contribution in [1.82, 2.24) is 15.1 Å². The van der Waals surface area contributed by atoms with Gasteiger partial charge in [-0.3, -0.25) is 19.3 Å². The Kier molecular flexibility index (Phi) is 4.59. The minimum atomic E-state index is -0.259. The summed E-state index contributed by atoms with van der Waals surface area (Å²) >= 11 is 0. The van der Waals surface area contributed by atoms with E-state index < -0.39 is 0 Å². The summed E-state index contributed by atoms with van der Waals surface area (Å²) in [5.41, 5.74) is 1.14. The number of carbonyl (C=O) groups excluding carboxylic acids is 3. The number of fused-ring (bicyclic) bond motifs is 2. The first-order valence-electron chi connectivity index (χ1n) is 10.5. The Balaban J connectivity index is 1.29. The van der Waals surface area contributed by atoms with Crippen LogP contribution in [0.15, 0.2) is 36.4 Å². The SMILES string of the molecule is O=C1c2cccc3cccc(c23)C(=O)N1CCCC(=O)N1C2CCNCC1CC2. The van der Waals surface area contributed by atoms with Crippen LogP contribution in [0.1, 0.15) is 52.8 Å². The number of imide groups is 1. The van der Waals surface area contributed by atoms with Crippen molar-refractivity contribution in [3.05, 3.63) is 47.5 Å². The van der Waals surface area contributed by atoms with E-state index in [9.17, 15) is 14.4 Å². The maximum absolute atomic E-state index is 13.0. The minimum absolute atomic E-state index is 0.153. The lowest BCUT2D eigenvalue weighted by atomic mass is 9.94. The molecule has 0 aliphatic carbocycles. The highest BCUT2D eigenvalue weighted by Crippen LogP contribution is 2.31. The number of rotatable bonds is 4. The van der Waals surface area contributed by atoms with Gasteiger partial charge >= 0.3 is 0 Å². The molecule has 0 spiro atoms. The molecular weight excluding hydrogens is 366 g/mol. The molecule has 2 bridgehead atoms. The first-order chi connectivity index (χ1) is 14.1. The molecule has 6 heteroatoms. The average Bonchev–Trinajstić information content (AvgIpc) is 3.01. The molecule has 2 fully saturated rings. The maximum atomic E-state index is 13.0. The molecule has 2 aromatic carbocycles. The second-order valence-electron chi connectivity index (χ2n) is 8.25. The van der Waals surface area contributed by atoms with Gasteiger partial charge in [-0.25, -0.2) is 0 Å². The van der Waals surface area contributed by atoms with Crippen molar-refractivity contribution >= 4 is 28.5 Å². The van der Waals surface area contributed by atoms with Crippen LogP contribution in [-0.2, 0) is 4.79 Å². The molecule has 0 saturated carbocycles. The van der Waals surface area contributed by atoms with Gasteiger partial charge in [-0.1, -0.05) is 24.3 Å². The number of nitrogens with one attached hydrogen (secondary N) is 1. The fourth-order valence-electron chi connectivity index (χ4n) is 5.19. The molecule has 1 N–H and O–H groups in total. The molecule has 3 aliphatic heterocycles. The van der Waals surface area contributed by atoms with Crippen LogP contribution in [0.25, 0.3) is 10.8 Å². The predicted molar refractivity (Wildman–Crippen MR) is 110 cm³/mol. The largest absolute Gasteiger partial charge is 0.335 e. The lowest BCUT2D eigenvalue weighted by molar-refractivity contribution is -0.133. The van der Waals surface area contributed by atoms with Gasteiger partial charge in [0.05, 0.1) is 0 Å². The van der Waals surface area contributed by atoms with Crippen molar-refractivity contribution in [2.24, 2.45) is 0 Å². The van der Waals surface area contributed by atoms with Crippen LogP contribution >= 0.6 is 0 Å². The number of hydrogen-bond acceptors (Lipinski definition) is 4. The van der Waals surface area contributed by atoms with Crippen LogP contribution < -0.4 is 5.32 Å². The van der Waals surface area contributed by atoms with Crippen LogP contribution in [-0.4, -0.2) is 59.2 Å². The maximum Gasteiger partial charge on any atom is 0.261 e. The third-order valence-electron chi connectivity index (χ3n) is 6.57. The zero-order valence-corrected chi connectivity index (χ0v) is 16.4. The van der Waals surface area contributed by atoms with Gasteiger partial charge in [-0.05, 0) is 49.7 Å². The number of carbonyl (C=O) groups is 3. The van der Waals surface area contributed by atoms with Crippen LogP contribution in [0.3, 0.4) is 0 Å². The van der Waals surface area contributed by atoms with Gasteiger partial charge in [-0.2, -0.15) is 0 Å².